The Hall–Kier alpha value is -4.70. The summed E-state index contributed by atoms with van der Waals surface area (Å²) < 4.78 is 6.69. The number of amides is 3. The molecule has 0 fully saturated rings. The summed E-state index contributed by atoms with van der Waals surface area (Å²) in [6, 6.07) is 27.7. The number of aliphatic imine (C=N–C) groups is 1. The molecule has 47 heavy (non-hydrogen) atoms. The minimum absolute atomic E-state index is 0.0784. The van der Waals surface area contributed by atoms with E-state index in [0.29, 0.717) is 16.5 Å². The second-order valence-corrected chi connectivity index (χ2v) is 12.4. The molecule has 2 heterocycles. The van der Waals surface area contributed by atoms with E-state index < -0.39 is 11.8 Å². The number of amidine groups is 1. The van der Waals surface area contributed by atoms with Crippen molar-refractivity contribution in [1.29, 1.82) is 0 Å². The number of allylic oxidation sites excluding steroid dienone is 4. The van der Waals surface area contributed by atoms with E-state index in [9.17, 15) is 14.4 Å². The molecule has 0 spiro atoms. The van der Waals surface area contributed by atoms with Gasteiger partial charge in [-0.2, -0.15) is 4.99 Å². The molecule has 1 aliphatic rings. The van der Waals surface area contributed by atoms with Gasteiger partial charge in [-0.05, 0) is 70.4 Å². The molecule has 4 aromatic rings. The second-order valence-electron chi connectivity index (χ2n) is 10.1. The number of benzene rings is 3. The fraction of sp³-hybridized carbons (Fsp3) is 0.0811. The molecule has 0 aliphatic carbocycles. The summed E-state index contributed by atoms with van der Waals surface area (Å²) in [6.45, 7) is 5.47. The molecule has 1 aromatic heterocycles. The Morgan fingerprint density at radius 2 is 1.72 bits per heavy atom. The lowest BCUT2D eigenvalue weighted by molar-refractivity contribution is -0.126. The highest BCUT2D eigenvalue weighted by Crippen LogP contribution is 2.32. The third kappa shape index (κ3) is 8.18. The van der Waals surface area contributed by atoms with Gasteiger partial charge in [-0.3, -0.25) is 19.3 Å². The summed E-state index contributed by atoms with van der Waals surface area (Å²) in [4.78, 5) is 46.2. The molecule has 3 amide bonds. The van der Waals surface area contributed by atoms with Crippen LogP contribution in [0.15, 0.2) is 147 Å². The molecule has 1 aliphatic heterocycles. The standard InChI is InChI=1S/C37H29BrClN3O4S/c1-3-5-16-27(4-2)42-36(45)29(22-28-18-20-32(46-28)26-17-19-30(38)31(39)21-26)35(44)41-37(42)47-23-33(43)40-34(24-12-8-6-9-13-24)25-14-10-7-11-15-25/h3-22,34H,1,23H2,2H3,(H,40,43)/b16-5-,27-4+,29-22+. The van der Waals surface area contributed by atoms with Crippen molar-refractivity contribution in [2.24, 2.45) is 4.99 Å². The SMILES string of the molecule is C=C/C=C\C(=C/C)N1C(=O)/C(=C/c2ccc(-c3ccc(Br)c(Cl)c3)o2)C(=O)N=C1SCC(=O)NC(c1ccccc1)c1ccccc1. The molecular formula is C37H29BrClN3O4S. The lowest BCUT2D eigenvalue weighted by Gasteiger charge is -2.28. The molecule has 3 aromatic carbocycles. The number of furan rings is 1. The summed E-state index contributed by atoms with van der Waals surface area (Å²) >= 11 is 10.6. The lowest BCUT2D eigenvalue weighted by Crippen LogP contribution is -2.42. The summed E-state index contributed by atoms with van der Waals surface area (Å²) in [5.41, 5.74) is 2.84. The number of carbonyl (C=O) groups excluding carboxylic acids is 3. The van der Waals surface area contributed by atoms with Crippen LogP contribution in [-0.2, 0) is 14.4 Å². The zero-order valence-electron chi connectivity index (χ0n) is 25.2. The number of nitrogens with one attached hydrogen (secondary N) is 1. The van der Waals surface area contributed by atoms with Crippen LogP contribution in [0, 0.1) is 0 Å². The second kappa shape index (κ2) is 15.7. The quantitative estimate of drug-likeness (QED) is 0.100. The molecule has 10 heteroatoms. The summed E-state index contributed by atoms with van der Waals surface area (Å²) in [5, 5.41) is 3.68. The Bertz CT molecular complexity index is 1890. The average molecular weight is 727 g/mol. The highest BCUT2D eigenvalue weighted by atomic mass is 79.9. The molecular weight excluding hydrogens is 698 g/mol. The van der Waals surface area contributed by atoms with Gasteiger partial charge in [-0.25, -0.2) is 0 Å². The van der Waals surface area contributed by atoms with E-state index >= 15 is 0 Å². The van der Waals surface area contributed by atoms with Crippen LogP contribution in [0.25, 0.3) is 17.4 Å². The number of nitrogens with zero attached hydrogens (tertiary/aromatic N) is 2. The van der Waals surface area contributed by atoms with E-state index in [1.807, 2.05) is 66.7 Å². The van der Waals surface area contributed by atoms with Crippen molar-refractivity contribution < 1.29 is 18.8 Å². The van der Waals surface area contributed by atoms with Gasteiger partial charge in [0.25, 0.3) is 11.8 Å². The van der Waals surface area contributed by atoms with Crippen LogP contribution in [0.2, 0.25) is 5.02 Å². The average Bonchev–Trinajstić information content (AvgIpc) is 3.56. The molecule has 0 atom stereocenters. The number of halogens is 2. The van der Waals surface area contributed by atoms with Gasteiger partial charge in [0.1, 0.15) is 17.1 Å². The van der Waals surface area contributed by atoms with Crippen molar-refractivity contribution in [2.75, 3.05) is 5.75 Å². The van der Waals surface area contributed by atoms with Crippen molar-refractivity contribution >= 4 is 68.3 Å². The molecule has 0 unspecified atom stereocenters. The normalized spacial score (nSPS) is 14.6. The van der Waals surface area contributed by atoms with Crippen LogP contribution in [0.5, 0.6) is 0 Å². The van der Waals surface area contributed by atoms with E-state index in [2.05, 4.69) is 32.8 Å². The molecule has 0 saturated carbocycles. The van der Waals surface area contributed by atoms with Crippen molar-refractivity contribution in [3.63, 3.8) is 0 Å². The number of hydrogen-bond donors (Lipinski definition) is 1. The van der Waals surface area contributed by atoms with E-state index in [1.54, 1.807) is 55.5 Å². The van der Waals surface area contributed by atoms with Crippen molar-refractivity contribution in [2.45, 2.75) is 13.0 Å². The van der Waals surface area contributed by atoms with Crippen molar-refractivity contribution in [3.8, 4) is 11.3 Å². The third-order valence-corrected chi connectivity index (χ3v) is 9.20. The zero-order chi connectivity index (χ0) is 33.3. The minimum Gasteiger partial charge on any atom is -0.457 e. The van der Waals surface area contributed by atoms with Crippen LogP contribution in [0.3, 0.4) is 0 Å². The van der Waals surface area contributed by atoms with Crippen LogP contribution in [0.1, 0.15) is 29.9 Å². The van der Waals surface area contributed by atoms with E-state index in [1.165, 1.54) is 11.0 Å². The van der Waals surface area contributed by atoms with E-state index in [-0.39, 0.29) is 34.2 Å². The predicted octanol–water partition coefficient (Wildman–Crippen LogP) is 8.76. The highest BCUT2D eigenvalue weighted by molar-refractivity contribution is 9.10. The van der Waals surface area contributed by atoms with E-state index in [4.69, 9.17) is 16.0 Å². The van der Waals surface area contributed by atoms with E-state index in [0.717, 1.165) is 32.9 Å². The number of rotatable bonds is 10. The van der Waals surface area contributed by atoms with Gasteiger partial charge in [-0.15, -0.1) is 0 Å². The molecule has 0 saturated heterocycles. The van der Waals surface area contributed by atoms with Gasteiger partial charge in [0.15, 0.2) is 5.17 Å². The first kappa shape index (κ1) is 33.7. The molecule has 5 rings (SSSR count). The Balaban J connectivity index is 1.41. The first-order valence-electron chi connectivity index (χ1n) is 14.5. The van der Waals surface area contributed by atoms with Crippen LogP contribution < -0.4 is 5.32 Å². The van der Waals surface area contributed by atoms with Crippen LogP contribution in [-0.4, -0.2) is 33.5 Å². The van der Waals surface area contributed by atoms with Gasteiger partial charge >= 0.3 is 0 Å². The number of thioether (sulfide) groups is 1. The van der Waals surface area contributed by atoms with Gasteiger partial charge in [0.05, 0.1) is 16.8 Å². The molecule has 0 bridgehead atoms. The van der Waals surface area contributed by atoms with Crippen LogP contribution >= 0.6 is 39.3 Å². The monoisotopic (exact) mass is 725 g/mol. The van der Waals surface area contributed by atoms with Crippen LogP contribution in [0.4, 0.5) is 0 Å². The zero-order valence-corrected chi connectivity index (χ0v) is 28.4. The smallest absolute Gasteiger partial charge is 0.285 e. The maximum atomic E-state index is 13.9. The molecule has 1 N–H and O–H groups in total. The lowest BCUT2D eigenvalue weighted by atomic mass is 9.99. The van der Waals surface area contributed by atoms with Crippen molar-refractivity contribution in [1.82, 2.24) is 10.2 Å². The Kier molecular flexibility index (Phi) is 11.3. The predicted molar refractivity (Wildman–Crippen MR) is 193 cm³/mol. The largest absolute Gasteiger partial charge is 0.457 e. The number of carbonyl (C=O) groups is 3. The van der Waals surface area contributed by atoms with Crippen molar-refractivity contribution in [3.05, 3.63) is 160 Å². The van der Waals surface area contributed by atoms with Gasteiger partial charge < -0.3 is 9.73 Å². The highest BCUT2D eigenvalue weighted by Gasteiger charge is 2.35. The first-order valence-corrected chi connectivity index (χ1v) is 16.7. The minimum atomic E-state index is -0.742. The summed E-state index contributed by atoms with van der Waals surface area (Å²) in [6.07, 6.45) is 8.00. The fourth-order valence-corrected chi connectivity index (χ4v) is 6.01. The summed E-state index contributed by atoms with van der Waals surface area (Å²) in [7, 11) is 0. The summed E-state index contributed by atoms with van der Waals surface area (Å²) in [5.74, 6) is -0.935. The number of hydrogen-bond acceptors (Lipinski definition) is 5. The topological polar surface area (TPSA) is 92.0 Å². The maximum Gasteiger partial charge on any atom is 0.285 e. The Morgan fingerprint density at radius 3 is 2.34 bits per heavy atom. The molecule has 0 radical (unpaired) electrons. The molecule has 236 valence electrons. The fourth-order valence-electron chi connectivity index (χ4n) is 4.77. The first-order chi connectivity index (χ1) is 22.8. The maximum absolute atomic E-state index is 13.9. The molecule has 7 nitrogen and oxygen atoms in total. The third-order valence-electron chi connectivity index (χ3n) is 7.03. The van der Waals surface area contributed by atoms with Gasteiger partial charge in [-0.1, -0.05) is 115 Å². The Labute approximate surface area is 290 Å². The van der Waals surface area contributed by atoms with Gasteiger partial charge in [0.2, 0.25) is 5.91 Å². The Morgan fingerprint density at radius 1 is 1.04 bits per heavy atom. The van der Waals surface area contributed by atoms with Gasteiger partial charge in [0, 0.05) is 15.7 Å².